The summed E-state index contributed by atoms with van der Waals surface area (Å²) in [7, 11) is 1.74. The highest BCUT2D eigenvalue weighted by Crippen LogP contribution is 2.11. The molecule has 0 aliphatic rings. The lowest BCUT2D eigenvalue weighted by Crippen LogP contribution is -2.30. The first-order chi connectivity index (χ1) is 6.18. The summed E-state index contributed by atoms with van der Waals surface area (Å²) in [5.41, 5.74) is 0. The molecule has 72 valence electrons. The Kier molecular flexibility index (Phi) is 3.67. The second-order valence-corrected chi connectivity index (χ2v) is 2.79. The maximum absolute atomic E-state index is 12.6. The minimum absolute atomic E-state index is 0.293. The summed E-state index contributed by atoms with van der Waals surface area (Å²) in [6, 6.07) is 6.04. The molecule has 0 aliphatic carbocycles. The average Bonchev–Trinajstić information content (AvgIpc) is 2.03. The lowest BCUT2D eigenvalue weighted by molar-refractivity contribution is 0.240. The molecule has 0 aliphatic heterocycles. The number of likely N-dealkylation sites (N-methyl/N-ethyl adjacent to an activating group) is 1. The molecular weight excluding hydrogens is 171 g/mol. The molecule has 2 N–H and O–H groups in total. The molecule has 0 heterocycles. The molecule has 0 atom stereocenters. The van der Waals surface area contributed by atoms with Crippen LogP contribution in [0.15, 0.2) is 24.3 Å². The number of benzene rings is 1. The fraction of sp³-hybridized carbons (Fsp3) is 0.333. The van der Waals surface area contributed by atoms with E-state index in [-0.39, 0.29) is 5.82 Å². The Morgan fingerprint density at radius 3 is 2.92 bits per heavy atom. The molecule has 0 fully saturated rings. The second kappa shape index (κ2) is 4.79. The Bertz CT molecular complexity index is 266. The van der Waals surface area contributed by atoms with Crippen molar-refractivity contribution in [1.82, 2.24) is 5.01 Å². The predicted molar refractivity (Wildman–Crippen MR) is 48.7 cm³/mol. The van der Waals surface area contributed by atoms with Crippen LogP contribution in [0.4, 0.5) is 4.39 Å². The van der Waals surface area contributed by atoms with Crippen LogP contribution in [0.2, 0.25) is 0 Å². The van der Waals surface area contributed by atoms with Crippen molar-refractivity contribution in [3.63, 3.8) is 0 Å². The Balaban J connectivity index is 2.37. The van der Waals surface area contributed by atoms with E-state index in [2.05, 4.69) is 0 Å². The lowest BCUT2D eigenvalue weighted by atomic mass is 10.3. The average molecular weight is 184 g/mol. The summed E-state index contributed by atoms with van der Waals surface area (Å²) in [5.74, 6) is 5.60. The number of nitrogens with zero attached hydrogens (tertiary/aromatic N) is 1. The third-order valence-electron chi connectivity index (χ3n) is 1.51. The SMILES string of the molecule is CN(N)CCOc1cccc(F)c1. The minimum Gasteiger partial charge on any atom is -0.492 e. The number of ether oxygens (including phenoxy) is 1. The van der Waals surface area contributed by atoms with Crippen LogP contribution in [0.5, 0.6) is 5.75 Å². The third-order valence-corrected chi connectivity index (χ3v) is 1.51. The van der Waals surface area contributed by atoms with Gasteiger partial charge in [-0.2, -0.15) is 0 Å². The quantitative estimate of drug-likeness (QED) is 0.560. The number of rotatable bonds is 4. The van der Waals surface area contributed by atoms with Gasteiger partial charge in [-0.3, -0.25) is 5.84 Å². The van der Waals surface area contributed by atoms with Gasteiger partial charge in [0, 0.05) is 19.7 Å². The standard InChI is InChI=1S/C9H13FN2O/c1-12(11)5-6-13-9-4-2-3-8(10)7-9/h2-4,7H,5-6,11H2,1H3. The van der Waals surface area contributed by atoms with Crippen LogP contribution in [-0.2, 0) is 0 Å². The van der Waals surface area contributed by atoms with Crippen molar-refractivity contribution in [1.29, 1.82) is 0 Å². The van der Waals surface area contributed by atoms with Crippen LogP contribution in [0.3, 0.4) is 0 Å². The van der Waals surface area contributed by atoms with Crippen LogP contribution < -0.4 is 10.6 Å². The van der Waals surface area contributed by atoms with Gasteiger partial charge in [-0.05, 0) is 12.1 Å². The maximum Gasteiger partial charge on any atom is 0.126 e. The lowest BCUT2D eigenvalue weighted by Gasteiger charge is -2.10. The fourth-order valence-corrected chi connectivity index (χ4v) is 0.864. The van der Waals surface area contributed by atoms with Crippen LogP contribution in [0.25, 0.3) is 0 Å². The first-order valence-corrected chi connectivity index (χ1v) is 4.02. The van der Waals surface area contributed by atoms with E-state index in [4.69, 9.17) is 10.6 Å². The molecule has 0 radical (unpaired) electrons. The van der Waals surface area contributed by atoms with Crippen molar-refractivity contribution in [3.8, 4) is 5.75 Å². The maximum atomic E-state index is 12.6. The summed E-state index contributed by atoms with van der Waals surface area (Å²) in [5, 5.41) is 1.51. The van der Waals surface area contributed by atoms with Crippen LogP contribution >= 0.6 is 0 Å². The molecule has 0 aromatic heterocycles. The summed E-state index contributed by atoms with van der Waals surface area (Å²) in [6.45, 7) is 1.06. The molecule has 0 bridgehead atoms. The summed E-state index contributed by atoms with van der Waals surface area (Å²) < 4.78 is 17.9. The van der Waals surface area contributed by atoms with E-state index in [0.717, 1.165) is 0 Å². The molecule has 1 aromatic rings. The highest BCUT2D eigenvalue weighted by Gasteiger charge is 1.96. The molecule has 0 saturated carbocycles. The second-order valence-electron chi connectivity index (χ2n) is 2.79. The van der Waals surface area contributed by atoms with E-state index >= 15 is 0 Å². The normalized spacial score (nSPS) is 10.5. The van der Waals surface area contributed by atoms with E-state index in [0.29, 0.717) is 18.9 Å². The number of nitrogens with two attached hydrogens (primary N) is 1. The van der Waals surface area contributed by atoms with Crippen molar-refractivity contribution in [2.45, 2.75) is 0 Å². The largest absolute Gasteiger partial charge is 0.492 e. The molecular formula is C9H13FN2O. The van der Waals surface area contributed by atoms with Gasteiger partial charge in [0.1, 0.15) is 18.2 Å². The van der Waals surface area contributed by atoms with E-state index in [9.17, 15) is 4.39 Å². The first-order valence-electron chi connectivity index (χ1n) is 4.02. The van der Waals surface area contributed by atoms with Gasteiger partial charge in [0.25, 0.3) is 0 Å². The van der Waals surface area contributed by atoms with E-state index in [1.165, 1.54) is 17.1 Å². The van der Waals surface area contributed by atoms with Gasteiger partial charge in [0.05, 0.1) is 0 Å². The van der Waals surface area contributed by atoms with Gasteiger partial charge in [-0.1, -0.05) is 6.07 Å². The molecule has 1 aromatic carbocycles. The summed E-state index contributed by atoms with van der Waals surface area (Å²) in [4.78, 5) is 0. The van der Waals surface area contributed by atoms with Gasteiger partial charge in [-0.15, -0.1) is 0 Å². The Labute approximate surface area is 76.9 Å². The van der Waals surface area contributed by atoms with Crippen molar-refractivity contribution < 1.29 is 9.13 Å². The molecule has 0 spiro atoms. The summed E-state index contributed by atoms with van der Waals surface area (Å²) >= 11 is 0. The van der Waals surface area contributed by atoms with E-state index in [1.807, 2.05) is 0 Å². The predicted octanol–water partition coefficient (Wildman–Crippen LogP) is 1.01. The monoisotopic (exact) mass is 184 g/mol. The first kappa shape index (κ1) is 9.95. The number of hydrogen-bond acceptors (Lipinski definition) is 3. The molecule has 0 unspecified atom stereocenters. The molecule has 4 heteroatoms. The van der Waals surface area contributed by atoms with Gasteiger partial charge < -0.3 is 4.74 Å². The zero-order chi connectivity index (χ0) is 9.68. The molecule has 13 heavy (non-hydrogen) atoms. The van der Waals surface area contributed by atoms with Gasteiger partial charge >= 0.3 is 0 Å². The molecule has 0 amide bonds. The van der Waals surface area contributed by atoms with Crippen molar-refractivity contribution in [2.75, 3.05) is 20.2 Å². The number of hydrogen-bond donors (Lipinski definition) is 1. The molecule has 0 saturated heterocycles. The van der Waals surface area contributed by atoms with Crippen LogP contribution in [0.1, 0.15) is 0 Å². The Morgan fingerprint density at radius 1 is 1.54 bits per heavy atom. The van der Waals surface area contributed by atoms with Crippen LogP contribution in [0, 0.1) is 5.82 Å². The zero-order valence-electron chi connectivity index (χ0n) is 7.53. The van der Waals surface area contributed by atoms with Crippen LogP contribution in [-0.4, -0.2) is 25.2 Å². The summed E-state index contributed by atoms with van der Waals surface area (Å²) in [6.07, 6.45) is 0. The van der Waals surface area contributed by atoms with E-state index < -0.39 is 0 Å². The fourth-order valence-electron chi connectivity index (χ4n) is 0.864. The molecule has 3 nitrogen and oxygen atoms in total. The Hall–Kier alpha value is -1.13. The van der Waals surface area contributed by atoms with Gasteiger partial charge in [-0.25, -0.2) is 9.40 Å². The highest BCUT2D eigenvalue weighted by molar-refractivity contribution is 5.22. The number of hydrazine groups is 1. The van der Waals surface area contributed by atoms with Crippen molar-refractivity contribution >= 4 is 0 Å². The van der Waals surface area contributed by atoms with Crippen molar-refractivity contribution in [3.05, 3.63) is 30.1 Å². The Morgan fingerprint density at radius 2 is 2.31 bits per heavy atom. The highest BCUT2D eigenvalue weighted by atomic mass is 19.1. The minimum atomic E-state index is -0.293. The van der Waals surface area contributed by atoms with Gasteiger partial charge in [0.2, 0.25) is 0 Å². The zero-order valence-corrected chi connectivity index (χ0v) is 7.53. The van der Waals surface area contributed by atoms with Gasteiger partial charge in [0.15, 0.2) is 0 Å². The molecule has 1 rings (SSSR count). The third kappa shape index (κ3) is 3.87. The van der Waals surface area contributed by atoms with E-state index in [1.54, 1.807) is 19.2 Å². The smallest absolute Gasteiger partial charge is 0.126 e. The topological polar surface area (TPSA) is 38.5 Å². The number of halogens is 1. The van der Waals surface area contributed by atoms with Crippen molar-refractivity contribution in [2.24, 2.45) is 5.84 Å².